The maximum absolute atomic E-state index is 14.0. The summed E-state index contributed by atoms with van der Waals surface area (Å²) >= 11 is 0. The number of nitrogens with zero attached hydrogens (tertiary/aromatic N) is 3. The molecule has 2 heterocycles. The molecule has 1 aromatic heterocycles. The van der Waals surface area contributed by atoms with Crippen LogP contribution >= 0.6 is 0 Å². The van der Waals surface area contributed by atoms with Crippen molar-refractivity contribution in [2.75, 3.05) is 18.6 Å². The molecule has 0 radical (unpaired) electrons. The summed E-state index contributed by atoms with van der Waals surface area (Å²) in [4.78, 5) is 37.2. The minimum Gasteiger partial charge on any atom is -0.465 e. The number of amides is 1. The molecule has 8 nitrogen and oxygen atoms in total. The van der Waals surface area contributed by atoms with E-state index in [9.17, 15) is 40.7 Å². The summed E-state index contributed by atoms with van der Waals surface area (Å²) in [5, 5.41) is 6.16. The Morgan fingerprint density at radius 3 is 2.29 bits per heavy atom. The molecular weight excluding hydrogens is 570 g/mol. The number of hydrogen-bond donors (Lipinski definition) is 1. The van der Waals surface area contributed by atoms with E-state index in [0.29, 0.717) is 11.8 Å². The van der Waals surface area contributed by atoms with E-state index in [1.165, 1.54) is 42.3 Å². The standard InChI is InChI=1S/C28H26F6N4O4/c1-16(19-5-7-20(8-6-19)26(41)42-2)35-24(40)22-23(28(32,33)34)36-38-10-9-37(25(22)38)15-18-12-17(4-3-11-39)13-21(14-18)27(29,30)31/h5-8,11-14,16H,3-4,9-10,15H2,1-2H3,(H,35,40)/t16-/m0/s1. The molecule has 1 aliphatic rings. The van der Waals surface area contributed by atoms with Crippen LogP contribution in [0, 0.1) is 0 Å². The highest BCUT2D eigenvalue weighted by Crippen LogP contribution is 2.39. The number of aryl methyl sites for hydroxylation is 1. The van der Waals surface area contributed by atoms with Crippen molar-refractivity contribution in [2.24, 2.45) is 0 Å². The third kappa shape index (κ3) is 6.58. The van der Waals surface area contributed by atoms with Crippen molar-refractivity contribution in [3.05, 3.63) is 81.5 Å². The molecule has 0 fully saturated rings. The van der Waals surface area contributed by atoms with E-state index in [4.69, 9.17) is 0 Å². The van der Waals surface area contributed by atoms with E-state index >= 15 is 0 Å². The molecule has 3 aromatic rings. The van der Waals surface area contributed by atoms with E-state index in [-0.39, 0.29) is 55.0 Å². The number of anilines is 1. The van der Waals surface area contributed by atoms with Crippen LogP contribution in [-0.2, 0) is 41.4 Å². The third-order valence-corrected chi connectivity index (χ3v) is 6.79. The number of benzene rings is 2. The Balaban J connectivity index is 1.66. The van der Waals surface area contributed by atoms with Crippen molar-refractivity contribution < 1.29 is 45.5 Å². The van der Waals surface area contributed by atoms with Crippen LogP contribution in [0.5, 0.6) is 0 Å². The number of alkyl halides is 6. The Hall–Kier alpha value is -4.36. The van der Waals surface area contributed by atoms with E-state index in [1.54, 1.807) is 6.92 Å². The first-order chi connectivity index (χ1) is 19.7. The van der Waals surface area contributed by atoms with E-state index in [1.807, 2.05) is 0 Å². The zero-order valence-electron chi connectivity index (χ0n) is 22.5. The summed E-state index contributed by atoms with van der Waals surface area (Å²) in [5.74, 6) is -1.82. The van der Waals surface area contributed by atoms with Crippen LogP contribution in [0.1, 0.15) is 68.1 Å². The van der Waals surface area contributed by atoms with Gasteiger partial charge in [-0.05, 0) is 54.3 Å². The predicted octanol–water partition coefficient (Wildman–Crippen LogP) is 5.35. The molecule has 42 heavy (non-hydrogen) atoms. The number of carbonyl (C=O) groups excluding carboxylic acids is 3. The highest BCUT2D eigenvalue weighted by Gasteiger charge is 2.44. The van der Waals surface area contributed by atoms with Gasteiger partial charge >= 0.3 is 18.3 Å². The summed E-state index contributed by atoms with van der Waals surface area (Å²) in [6.45, 7) is 1.40. The Kier molecular flexibility index (Phi) is 8.64. The molecular formula is C28H26F6N4O4. The van der Waals surface area contributed by atoms with Gasteiger partial charge in [0.1, 0.15) is 17.7 Å². The summed E-state index contributed by atoms with van der Waals surface area (Å²) in [7, 11) is 1.21. The number of nitrogens with one attached hydrogen (secondary N) is 1. The number of hydrogen-bond acceptors (Lipinski definition) is 6. The van der Waals surface area contributed by atoms with Crippen LogP contribution in [0.25, 0.3) is 0 Å². The first kappa shape index (κ1) is 30.6. The van der Waals surface area contributed by atoms with Gasteiger partial charge in [-0.3, -0.25) is 4.79 Å². The second-order valence-corrected chi connectivity index (χ2v) is 9.74. The number of aldehydes is 1. The minimum absolute atomic E-state index is 0.0000970. The van der Waals surface area contributed by atoms with Gasteiger partial charge in [0.15, 0.2) is 5.69 Å². The van der Waals surface area contributed by atoms with Crippen molar-refractivity contribution in [2.45, 2.75) is 51.2 Å². The van der Waals surface area contributed by atoms with Gasteiger partial charge in [-0.15, -0.1) is 0 Å². The van der Waals surface area contributed by atoms with Gasteiger partial charge in [0, 0.05) is 19.5 Å². The van der Waals surface area contributed by atoms with Crippen LogP contribution < -0.4 is 10.2 Å². The summed E-state index contributed by atoms with van der Waals surface area (Å²) in [6, 6.07) is 8.45. The van der Waals surface area contributed by atoms with Crippen molar-refractivity contribution in [3.63, 3.8) is 0 Å². The highest BCUT2D eigenvalue weighted by molar-refractivity contribution is 6.01. The van der Waals surface area contributed by atoms with Crippen molar-refractivity contribution >= 4 is 24.0 Å². The summed E-state index contributed by atoms with van der Waals surface area (Å²) in [5.41, 5.74) is -1.96. The number of esters is 1. The SMILES string of the molecule is COC(=O)c1ccc([C@H](C)NC(=O)c2c(C(F)(F)F)nn3c2N(Cc2cc(CCC=O)cc(C(F)(F)F)c2)CC3)cc1. The molecule has 224 valence electrons. The molecule has 0 unspecified atom stereocenters. The lowest BCUT2D eigenvalue weighted by Crippen LogP contribution is -2.31. The molecule has 1 amide bonds. The largest absolute Gasteiger partial charge is 0.465 e. The Labute approximate surface area is 236 Å². The number of halogens is 6. The molecule has 1 N–H and O–H groups in total. The minimum atomic E-state index is -4.99. The molecule has 0 saturated carbocycles. The molecule has 0 aliphatic carbocycles. The van der Waals surface area contributed by atoms with Gasteiger partial charge in [0.05, 0.1) is 30.8 Å². The number of rotatable bonds is 9. The normalized spacial score (nSPS) is 14.0. The Morgan fingerprint density at radius 2 is 1.69 bits per heavy atom. The molecule has 2 aromatic carbocycles. The molecule has 0 saturated heterocycles. The van der Waals surface area contributed by atoms with Gasteiger partial charge in [-0.1, -0.05) is 18.2 Å². The van der Waals surface area contributed by atoms with Crippen molar-refractivity contribution in [1.29, 1.82) is 0 Å². The fraction of sp³-hybridized carbons (Fsp3) is 0.357. The van der Waals surface area contributed by atoms with Crippen LogP contribution in [0.15, 0.2) is 42.5 Å². The lowest BCUT2D eigenvalue weighted by molar-refractivity contribution is -0.142. The average Bonchev–Trinajstić information content (AvgIpc) is 3.51. The quantitative estimate of drug-likeness (QED) is 0.204. The first-order valence-corrected chi connectivity index (χ1v) is 12.8. The number of fused-ring (bicyclic) bond motifs is 1. The zero-order valence-corrected chi connectivity index (χ0v) is 22.5. The summed E-state index contributed by atoms with van der Waals surface area (Å²) < 4.78 is 88.4. The van der Waals surface area contributed by atoms with E-state index < -0.39 is 47.1 Å². The van der Waals surface area contributed by atoms with E-state index in [0.717, 1.165) is 16.8 Å². The number of aromatic nitrogens is 2. The van der Waals surface area contributed by atoms with Gasteiger partial charge in [-0.2, -0.15) is 31.4 Å². The number of methoxy groups -OCH3 is 1. The monoisotopic (exact) mass is 596 g/mol. The average molecular weight is 597 g/mol. The predicted molar refractivity (Wildman–Crippen MR) is 138 cm³/mol. The van der Waals surface area contributed by atoms with Crippen molar-refractivity contribution in [1.82, 2.24) is 15.1 Å². The highest BCUT2D eigenvalue weighted by atomic mass is 19.4. The molecule has 1 atom stereocenters. The van der Waals surface area contributed by atoms with Gasteiger partial charge in [-0.25, -0.2) is 9.48 Å². The molecule has 4 rings (SSSR count). The van der Waals surface area contributed by atoms with Gasteiger partial charge < -0.3 is 19.7 Å². The van der Waals surface area contributed by atoms with Crippen molar-refractivity contribution in [3.8, 4) is 0 Å². The second-order valence-electron chi connectivity index (χ2n) is 9.74. The smallest absolute Gasteiger partial charge is 0.436 e. The van der Waals surface area contributed by atoms with E-state index in [2.05, 4.69) is 15.2 Å². The second kappa shape index (κ2) is 11.9. The van der Waals surface area contributed by atoms with Gasteiger partial charge in [0.2, 0.25) is 0 Å². The lowest BCUT2D eigenvalue weighted by Gasteiger charge is -2.22. The Bertz CT molecular complexity index is 1480. The topological polar surface area (TPSA) is 93.5 Å². The molecule has 14 heteroatoms. The number of carbonyl (C=O) groups is 3. The van der Waals surface area contributed by atoms with Crippen LogP contribution in [0.3, 0.4) is 0 Å². The maximum atomic E-state index is 14.0. The summed E-state index contributed by atoms with van der Waals surface area (Å²) in [6.07, 6.45) is -9.03. The molecule has 1 aliphatic heterocycles. The van der Waals surface area contributed by atoms with Crippen LogP contribution in [-0.4, -0.2) is 41.6 Å². The van der Waals surface area contributed by atoms with Crippen LogP contribution in [0.4, 0.5) is 32.2 Å². The van der Waals surface area contributed by atoms with Crippen LogP contribution in [0.2, 0.25) is 0 Å². The maximum Gasteiger partial charge on any atom is 0.436 e. The zero-order chi connectivity index (χ0) is 30.8. The molecule has 0 spiro atoms. The lowest BCUT2D eigenvalue weighted by atomic mass is 10.0. The molecule has 0 bridgehead atoms. The van der Waals surface area contributed by atoms with Gasteiger partial charge in [0.25, 0.3) is 5.91 Å². The fourth-order valence-corrected chi connectivity index (χ4v) is 4.80. The third-order valence-electron chi connectivity index (χ3n) is 6.79. The Morgan fingerprint density at radius 1 is 1.02 bits per heavy atom. The number of ether oxygens (including phenoxy) is 1. The fourth-order valence-electron chi connectivity index (χ4n) is 4.80. The first-order valence-electron chi connectivity index (χ1n) is 12.8.